The zero-order chi connectivity index (χ0) is 21.9. The first-order valence-electron chi connectivity index (χ1n) is 8.82. The zero-order valence-electron chi connectivity index (χ0n) is 16.7. The molecule has 0 aliphatic rings. The summed E-state index contributed by atoms with van der Waals surface area (Å²) >= 11 is 1.22. The Kier molecular flexibility index (Phi) is 6.29. The quantitative estimate of drug-likeness (QED) is 0.545. The van der Waals surface area contributed by atoms with Gasteiger partial charge < -0.3 is 14.0 Å². The van der Waals surface area contributed by atoms with Crippen LogP contribution >= 0.6 is 11.3 Å². The first kappa shape index (κ1) is 21.6. The minimum Gasteiger partial charge on any atom is -0.493 e. The number of hydrogen-bond acceptors (Lipinski definition) is 6. The first-order valence-corrected chi connectivity index (χ1v) is 11.5. The van der Waals surface area contributed by atoms with Crippen LogP contribution in [0.4, 0.5) is 0 Å². The highest BCUT2D eigenvalue weighted by Gasteiger charge is 2.13. The number of thiazole rings is 1. The number of terminal acetylenes is 1. The van der Waals surface area contributed by atoms with Crippen LogP contribution in [-0.2, 0) is 27.6 Å². The van der Waals surface area contributed by atoms with E-state index < -0.39 is 9.84 Å². The van der Waals surface area contributed by atoms with Crippen molar-refractivity contribution >= 4 is 37.3 Å². The molecule has 1 heterocycles. The van der Waals surface area contributed by atoms with Crippen LogP contribution in [-0.4, -0.2) is 39.4 Å². The summed E-state index contributed by atoms with van der Waals surface area (Å²) in [6.45, 7) is 0.209. The summed E-state index contributed by atoms with van der Waals surface area (Å²) in [5.41, 5.74) is 1.45. The lowest BCUT2D eigenvalue weighted by Crippen LogP contribution is -2.17. The van der Waals surface area contributed by atoms with E-state index in [1.807, 2.05) is 0 Å². The molecule has 3 aromatic rings. The monoisotopic (exact) mass is 444 g/mol. The van der Waals surface area contributed by atoms with Gasteiger partial charge in [-0.05, 0) is 35.9 Å². The number of sulfone groups is 1. The summed E-state index contributed by atoms with van der Waals surface area (Å²) in [6, 6.07) is 9.99. The number of methoxy groups -OCH3 is 2. The predicted octanol–water partition coefficient (Wildman–Crippen LogP) is 2.43. The van der Waals surface area contributed by atoms with Crippen molar-refractivity contribution < 1.29 is 22.7 Å². The predicted molar refractivity (Wildman–Crippen MR) is 116 cm³/mol. The number of carbonyl (C=O) groups excluding carboxylic acids is 1. The number of hydrogen-bond donors (Lipinski definition) is 0. The van der Waals surface area contributed by atoms with Crippen molar-refractivity contribution in [1.82, 2.24) is 4.57 Å². The molecule has 0 unspecified atom stereocenters. The summed E-state index contributed by atoms with van der Waals surface area (Å²) in [5, 5.41) is 0. The van der Waals surface area contributed by atoms with E-state index in [1.165, 1.54) is 24.5 Å². The Morgan fingerprint density at radius 1 is 1.17 bits per heavy atom. The molecule has 0 radical (unpaired) electrons. The number of benzene rings is 2. The molecular weight excluding hydrogens is 424 g/mol. The highest BCUT2D eigenvalue weighted by molar-refractivity contribution is 7.90. The van der Waals surface area contributed by atoms with Gasteiger partial charge in [0.1, 0.15) is 0 Å². The maximum Gasteiger partial charge on any atom is 0.252 e. The van der Waals surface area contributed by atoms with Crippen molar-refractivity contribution in [2.75, 3.05) is 20.5 Å². The fourth-order valence-electron chi connectivity index (χ4n) is 2.93. The van der Waals surface area contributed by atoms with E-state index in [9.17, 15) is 13.2 Å². The Hall–Kier alpha value is -3.09. The van der Waals surface area contributed by atoms with Crippen molar-refractivity contribution in [1.29, 1.82) is 0 Å². The summed E-state index contributed by atoms with van der Waals surface area (Å²) < 4.78 is 36.6. The third-order valence-corrected chi connectivity index (χ3v) is 6.51. The minimum atomic E-state index is -3.35. The highest BCUT2D eigenvalue weighted by atomic mass is 32.2. The Balaban J connectivity index is 2.01. The van der Waals surface area contributed by atoms with Gasteiger partial charge in [0.25, 0.3) is 5.91 Å². The molecule has 0 bridgehead atoms. The molecular formula is C21H20N2O5S2. The standard InChI is InChI=1S/C21H20N2O5S2/c1-5-10-23-16-8-7-15(30(4,25)26)13-19(16)29-21(23)22-20(24)12-14-6-9-17(27-2)18(11-14)28-3/h1,6-9,11,13H,10,12H2,2-4H3. The van der Waals surface area contributed by atoms with Gasteiger partial charge >= 0.3 is 0 Å². The molecule has 7 nitrogen and oxygen atoms in total. The lowest BCUT2D eigenvalue weighted by molar-refractivity contribution is -0.117. The number of nitrogens with zero attached hydrogens (tertiary/aromatic N) is 2. The number of fused-ring (bicyclic) bond motifs is 1. The van der Waals surface area contributed by atoms with Crippen LogP contribution < -0.4 is 14.3 Å². The van der Waals surface area contributed by atoms with E-state index in [-0.39, 0.29) is 23.8 Å². The van der Waals surface area contributed by atoms with Gasteiger partial charge in [0, 0.05) is 6.26 Å². The molecule has 0 N–H and O–H groups in total. The minimum absolute atomic E-state index is 0.0687. The molecule has 0 fully saturated rings. The van der Waals surface area contributed by atoms with E-state index in [0.29, 0.717) is 21.0 Å². The second-order valence-corrected chi connectivity index (χ2v) is 9.47. The van der Waals surface area contributed by atoms with Crippen LogP contribution in [0.1, 0.15) is 5.56 Å². The molecule has 2 aromatic carbocycles. The Labute approximate surface area is 178 Å². The molecule has 0 spiro atoms. The third-order valence-electron chi connectivity index (χ3n) is 4.36. The van der Waals surface area contributed by atoms with Gasteiger partial charge in [0.05, 0.1) is 42.3 Å². The molecule has 0 aliphatic heterocycles. The molecule has 0 atom stereocenters. The van der Waals surface area contributed by atoms with Gasteiger partial charge in [-0.15, -0.1) is 6.42 Å². The van der Waals surface area contributed by atoms with Crippen LogP contribution in [0.3, 0.4) is 0 Å². The van der Waals surface area contributed by atoms with E-state index in [0.717, 1.165) is 17.3 Å². The fourth-order valence-corrected chi connectivity index (χ4v) is 4.73. The SMILES string of the molecule is C#CCn1c(=NC(=O)Cc2ccc(OC)c(OC)c2)sc2cc(S(C)(=O)=O)ccc21. The molecule has 0 saturated heterocycles. The van der Waals surface area contributed by atoms with Gasteiger partial charge in [-0.1, -0.05) is 23.3 Å². The smallest absolute Gasteiger partial charge is 0.252 e. The topological polar surface area (TPSA) is 87.0 Å². The Morgan fingerprint density at radius 2 is 1.90 bits per heavy atom. The highest BCUT2D eigenvalue weighted by Crippen LogP contribution is 2.28. The average molecular weight is 445 g/mol. The van der Waals surface area contributed by atoms with Crippen molar-refractivity contribution in [2.24, 2.45) is 4.99 Å². The van der Waals surface area contributed by atoms with Gasteiger partial charge in [-0.3, -0.25) is 4.79 Å². The lowest BCUT2D eigenvalue weighted by Gasteiger charge is -2.08. The maximum atomic E-state index is 12.6. The normalized spacial score (nSPS) is 12.0. The largest absolute Gasteiger partial charge is 0.493 e. The third kappa shape index (κ3) is 4.56. The van der Waals surface area contributed by atoms with Gasteiger partial charge in [0.15, 0.2) is 26.1 Å². The molecule has 156 valence electrons. The van der Waals surface area contributed by atoms with Crippen LogP contribution in [0.5, 0.6) is 11.5 Å². The summed E-state index contributed by atoms with van der Waals surface area (Å²) in [7, 11) is -0.282. The molecule has 0 aliphatic carbocycles. The van der Waals surface area contributed by atoms with Crippen LogP contribution in [0, 0.1) is 12.3 Å². The number of ether oxygens (including phenoxy) is 2. The second kappa shape index (κ2) is 8.73. The number of aromatic nitrogens is 1. The van der Waals surface area contributed by atoms with Crippen LogP contribution in [0.25, 0.3) is 10.2 Å². The average Bonchev–Trinajstić information content (AvgIpc) is 3.03. The molecule has 3 rings (SSSR count). The second-order valence-electron chi connectivity index (χ2n) is 6.45. The van der Waals surface area contributed by atoms with Crippen molar-refractivity contribution in [2.45, 2.75) is 17.9 Å². The van der Waals surface area contributed by atoms with E-state index in [2.05, 4.69) is 10.9 Å². The van der Waals surface area contributed by atoms with Gasteiger partial charge in [0.2, 0.25) is 0 Å². The molecule has 1 amide bonds. The van der Waals surface area contributed by atoms with Crippen LogP contribution in [0.15, 0.2) is 46.3 Å². The summed E-state index contributed by atoms with van der Waals surface area (Å²) in [6.07, 6.45) is 6.69. The van der Waals surface area contributed by atoms with Crippen LogP contribution in [0.2, 0.25) is 0 Å². The molecule has 1 aromatic heterocycles. The van der Waals surface area contributed by atoms with Gasteiger partial charge in [-0.2, -0.15) is 4.99 Å². The fraction of sp³-hybridized carbons (Fsp3) is 0.238. The van der Waals surface area contributed by atoms with E-state index in [1.54, 1.807) is 42.0 Å². The zero-order valence-corrected chi connectivity index (χ0v) is 18.3. The number of carbonyl (C=O) groups is 1. The molecule has 0 saturated carbocycles. The first-order chi connectivity index (χ1) is 14.3. The number of rotatable bonds is 6. The van der Waals surface area contributed by atoms with Crippen molar-refractivity contribution in [3.8, 4) is 23.8 Å². The van der Waals surface area contributed by atoms with Crippen molar-refractivity contribution in [3.05, 3.63) is 46.8 Å². The molecule has 30 heavy (non-hydrogen) atoms. The van der Waals surface area contributed by atoms with E-state index in [4.69, 9.17) is 15.9 Å². The summed E-state index contributed by atoms with van der Waals surface area (Å²) in [5.74, 6) is 3.29. The van der Waals surface area contributed by atoms with Gasteiger partial charge in [-0.25, -0.2) is 8.42 Å². The molecule has 9 heteroatoms. The maximum absolute atomic E-state index is 12.6. The Bertz CT molecular complexity index is 1330. The lowest BCUT2D eigenvalue weighted by atomic mass is 10.1. The number of amides is 1. The van der Waals surface area contributed by atoms with E-state index >= 15 is 0 Å². The van der Waals surface area contributed by atoms with Crippen molar-refractivity contribution in [3.63, 3.8) is 0 Å². The summed E-state index contributed by atoms with van der Waals surface area (Å²) in [4.78, 5) is 17.4. The Morgan fingerprint density at radius 3 is 2.53 bits per heavy atom.